The van der Waals surface area contributed by atoms with Gasteiger partial charge >= 0.3 is 13.3 Å². The lowest BCUT2D eigenvalue weighted by Gasteiger charge is -2.26. The van der Waals surface area contributed by atoms with Crippen molar-refractivity contribution in [3.8, 4) is 0 Å². The van der Waals surface area contributed by atoms with Gasteiger partial charge in [-0.25, -0.2) is 0 Å². The van der Waals surface area contributed by atoms with E-state index >= 15 is 0 Å². The van der Waals surface area contributed by atoms with Crippen LogP contribution in [0.15, 0.2) is 22.7 Å². The van der Waals surface area contributed by atoms with Crippen LogP contribution in [0.5, 0.6) is 0 Å². The van der Waals surface area contributed by atoms with Gasteiger partial charge in [0, 0.05) is 15.6 Å². The highest BCUT2D eigenvalue weighted by Crippen LogP contribution is 2.67. The van der Waals surface area contributed by atoms with Gasteiger partial charge in [0.15, 0.2) is 0 Å². The van der Waals surface area contributed by atoms with E-state index in [9.17, 15) is 18.1 Å². The van der Waals surface area contributed by atoms with Gasteiger partial charge in [-0.15, -0.1) is 0 Å². The summed E-state index contributed by atoms with van der Waals surface area (Å²) in [6.45, 7) is 2.56. The third kappa shape index (κ3) is 3.34. The maximum Gasteiger partial charge on any atom is 0.404 e. The third-order valence-electron chi connectivity index (χ3n) is 2.40. The smallest absolute Gasteiger partial charge is 0.304 e. The average molecular weight is 371 g/mol. The van der Waals surface area contributed by atoms with Crippen LogP contribution in [0.1, 0.15) is 29.8 Å². The summed E-state index contributed by atoms with van der Waals surface area (Å²) in [5, 5.41) is 0. The van der Waals surface area contributed by atoms with E-state index in [2.05, 4.69) is 15.9 Å². The summed E-state index contributed by atoms with van der Waals surface area (Å²) in [4.78, 5) is 10.6. The van der Waals surface area contributed by atoms with Gasteiger partial charge < -0.3 is 9.05 Å². The summed E-state index contributed by atoms with van der Waals surface area (Å²) in [6, 6.07) is 3.46. The number of benzene rings is 1. The molecule has 0 spiro atoms. The van der Waals surface area contributed by atoms with Gasteiger partial charge in [-0.2, -0.15) is 8.78 Å². The molecular weight excluding hydrogens is 357 g/mol. The fraction of sp³-hybridized carbons (Fsp3) is 0.417. The van der Waals surface area contributed by atoms with Gasteiger partial charge in [0.1, 0.15) is 6.29 Å². The molecule has 0 atom stereocenters. The lowest BCUT2D eigenvalue weighted by molar-refractivity contribution is 0.0354. The molecule has 0 radical (unpaired) electrons. The van der Waals surface area contributed by atoms with Crippen LogP contribution in [0.3, 0.4) is 0 Å². The Labute approximate surface area is 124 Å². The maximum absolute atomic E-state index is 14.4. The molecule has 0 heterocycles. The first kappa shape index (κ1) is 17.4. The largest absolute Gasteiger partial charge is 0.404 e. The Morgan fingerprint density at radius 1 is 1.30 bits per heavy atom. The highest BCUT2D eigenvalue weighted by molar-refractivity contribution is 9.10. The van der Waals surface area contributed by atoms with Crippen LogP contribution in [-0.2, 0) is 19.3 Å². The van der Waals surface area contributed by atoms with Crippen molar-refractivity contribution in [2.45, 2.75) is 19.5 Å². The van der Waals surface area contributed by atoms with E-state index in [1.165, 1.54) is 26.0 Å². The van der Waals surface area contributed by atoms with Gasteiger partial charge in [-0.1, -0.05) is 28.1 Å². The molecular formula is C12H14BrF2O4P. The number of halogens is 3. The third-order valence-corrected chi connectivity index (χ3v) is 5.18. The molecule has 1 rings (SSSR count). The molecule has 4 nitrogen and oxygen atoms in total. The minimum Gasteiger partial charge on any atom is -0.304 e. The first-order valence-corrected chi connectivity index (χ1v) is 8.18. The number of carbonyl (C=O) groups excluding carboxylic acids is 1. The summed E-state index contributed by atoms with van der Waals surface area (Å²) in [5.74, 6) is 0. The van der Waals surface area contributed by atoms with Crippen molar-refractivity contribution in [2.75, 3.05) is 13.2 Å². The van der Waals surface area contributed by atoms with E-state index in [0.717, 1.165) is 6.07 Å². The summed E-state index contributed by atoms with van der Waals surface area (Å²) in [5.41, 5.74) is -4.15. The summed E-state index contributed by atoms with van der Waals surface area (Å²) >= 11 is 2.95. The zero-order valence-corrected chi connectivity index (χ0v) is 13.4. The molecule has 1 aromatic rings. The predicted octanol–water partition coefficient (Wildman–Crippen LogP) is 4.58. The molecule has 0 unspecified atom stereocenters. The zero-order valence-electron chi connectivity index (χ0n) is 10.9. The normalized spacial score (nSPS) is 12.4. The highest BCUT2D eigenvalue weighted by Gasteiger charge is 2.55. The van der Waals surface area contributed by atoms with Crippen molar-refractivity contribution in [1.82, 2.24) is 0 Å². The van der Waals surface area contributed by atoms with Crippen molar-refractivity contribution in [3.05, 3.63) is 33.8 Å². The SMILES string of the molecule is CCOP(=O)(OCC)C(F)(F)c1ccc(C=O)cc1Br. The van der Waals surface area contributed by atoms with Gasteiger partial charge in [0.25, 0.3) is 0 Å². The lowest BCUT2D eigenvalue weighted by atomic mass is 10.1. The molecule has 0 bridgehead atoms. The predicted molar refractivity (Wildman–Crippen MR) is 74.3 cm³/mol. The van der Waals surface area contributed by atoms with Gasteiger partial charge in [-0.05, 0) is 19.9 Å². The molecule has 0 amide bonds. The van der Waals surface area contributed by atoms with Crippen LogP contribution >= 0.6 is 23.5 Å². The van der Waals surface area contributed by atoms with Crippen molar-refractivity contribution < 1.29 is 27.2 Å². The Morgan fingerprint density at radius 3 is 2.25 bits per heavy atom. The standard InChI is InChI=1S/C12H14BrF2O4P/c1-3-18-20(17,19-4-2)12(14,15)10-6-5-9(8-16)7-11(10)13/h5-8H,3-4H2,1-2H3. The molecule has 0 saturated carbocycles. The highest BCUT2D eigenvalue weighted by atomic mass is 79.9. The van der Waals surface area contributed by atoms with Crippen LogP contribution < -0.4 is 0 Å². The molecule has 0 aliphatic rings. The van der Waals surface area contributed by atoms with E-state index in [4.69, 9.17) is 9.05 Å². The average Bonchev–Trinajstić information content (AvgIpc) is 2.38. The summed E-state index contributed by atoms with van der Waals surface area (Å²) in [6.07, 6.45) is 0.525. The quantitative estimate of drug-likeness (QED) is 0.520. The number of alkyl halides is 2. The number of carbonyl (C=O) groups is 1. The van der Waals surface area contributed by atoms with Crippen molar-refractivity contribution in [1.29, 1.82) is 0 Å². The van der Waals surface area contributed by atoms with E-state index in [0.29, 0.717) is 6.29 Å². The summed E-state index contributed by atoms with van der Waals surface area (Å²) in [7, 11) is -4.65. The second-order valence-electron chi connectivity index (χ2n) is 3.73. The molecule has 0 aliphatic heterocycles. The van der Waals surface area contributed by atoms with E-state index in [1.807, 2.05) is 0 Å². The van der Waals surface area contributed by atoms with E-state index < -0.39 is 18.8 Å². The van der Waals surface area contributed by atoms with Crippen molar-refractivity contribution in [3.63, 3.8) is 0 Å². The number of rotatable bonds is 7. The van der Waals surface area contributed by atoms with Crippen LogP contribution in [0.4, 0.5) is 8.78 Å². The zero-order chi connectivity index (χ0) is 15.4. The maximum atomic E-state index is 14.4. The van der Waals surface area contributed by atoms with Crippen molar-refractivity contribution in [2.24, 2.45) is 0 Å². The molecule has 0 N–H and O–H groups in total. The molecule has 0 aromatic heterocycles. The molecule has 1 aromatic carbocycles. The second-order valence-corrected chi connectivity index (χ2v) is 6.66. The topological polar surface area (TPSA) is 52.6 Å². The second kappa shape index (κ2) is 6.89. The lowest BCUT2D eigenvalue weighted by Crippen LogP contribution is -2.19. The van der Waals surface area contributed by atoms with Crippen LogP contribution in [0.2, 0.25) is 0 Å². The van der Waals surface area contributed by atoms with Crippen LogP contribution in [-0.4, -0.2) is 19.5 Å². The number of hydrogen-bond donors (Lipinski definition) is 0. The molecule has 112 valence electrons. The van der Waals surface area contributed by atoms with E-state index in [-0.39, 0.29) is 23.2 Å². The fourth-order valence-corrected chi connectivity index (χ4v) is 3.90. The minimum atomic E-state index is -4.65. The van der Waals surface area contributed by atoms with E-state index in [1.54, 1.807) is 0 Å². The Kier molecular flexibility index (Phi) is 6.01. The Bertz CT molecular complexity index is 526. The first-order chi connectivity index (χ1) is 9.32. The molecule has 0 fully saturated rings. The fourth-order valence-electron chi connectivity index (χ4n) is 1.54. The number of aldehydes is 1. The van der Waals surface area contributed by atoms with Gasteiger partial charge in [-0.3, -0.25) is 9.36 Å². The molecule has 20 heavy (non-hydrogen) atoms. The first-order valence-electron chi connectivity index (χ1n) is 5.84. The molecule has 0 saturated heterocycles. The Morgan fingerprint density at radius 2 is 1.85 bits per heavy atom. The van der Waals surface area contributed by atoms with Gasteiger partial charge in [0.2, 0.25) is 0 Å². The summed E-state index contributed by atoms with van der Waals surface area (Å²) < 4.78 is 50.5. The Balaban J connectivity index is 3.32. The number of hydrogen-bond acceptors (Lipinski definition) is 4. The van der Waals surface area contributed by atoms with Crippen molar-refractivity contribution >= 4 is 29.8 Å². The van der Waals surface area contributed by atoms with Gasteiger partial charge in [0.05, 0.1) is 13.2 Å². The molecule has 0 aliphatic carbocycles. The van der Waals surface area contributed by atoms with Crippen LogP contribution in [0.25, 0.3) is 0 Å². The Hall–Kier alpha value is -0.620. The minimum absolute atomic E-state index is 0.0354. The van der Waals surface area contributed by atoms with Crippen LogP contribution in [0, 0.1) is 0 Å². The molecule has 8 heteroatoms. The monoisotopic (exact) mass is 370 g/mol.